The van der Waals surface area contributed by atoms with E-state index >= 15 is 0 Å². The summed E-state index contributed by atoms with van der Waals surface area (Å²) in [4.78, 5) is 19.3. The van der Waals surface area contributed by atoms with Crippen molar-refractivity contribution >= 4 is 22.8 Å². The Kier molecular flexibility index (Phi) is 5.14. The first-order valence-electron chi connectivity index (χ1n) is 7.33. The maximum Gasteiger partial charge on any atom is 0.303 e. The largest absolute Gasteiger partial charge is 0.481 e. The molecule has 0 spiro atoms. The van der Waals surface area contributed by atoms with Gasteiger partial charge >= 0.3 is 5.97 Å². The summed E-state index contributed by atoms with van der Waals surface area (Å²) in [5.41, 5.74) is 1.92. The lowest BCUT2D eigenvalue weighted by atomic mass is 9.97. The van der Waals surface area contributed by atoms with E-state index in [4.69, 9.17) is 5.11 Å². The van der Waals surface area contributed by atoms with Crippen LogP contribution >= 0.6 is 0 Å². The molecule has 6 heteroatoms. The summed E-state index contributed by atoms with van der Waals surface area (Å²) < 4.78 is 1.96. The van der Waals surface area contributed by atoms with Crippen molar-refractivity contribution in [2.45, 2.75) is 32.6 Å². The van der Waals surface area contributed by atoms with Crippen LogP contribution in [-0.2, 0) is 11.8 Å². The highest BCUT2D eigenvalue weighted by molar-refractivity contribution is 5.85. The molecular formula is C15H22N4O2. The molecule has 0 aliphatic carbocycles. The number of hydrogen-bond donors (Lipinski definition) is 2. The van der Waals surface area contributed by atoms with Gasteiger partial charge in [0.2, 0.25) is 0 Å². The molecule has 0 radical (unpaired) electrons. The summed E-state index contributed by atoms with van der Waals surface area (Å²) in [7, 11) is 1.96. The number of aliphatic carboxylic acids is 1. The van der Waals surface area contributed by atoms with Gasteiger partial charge in [0.1, 0.15) is 5.52 Å². The zero-order valence-corrected chi connectivity index (χ0v) is 12.5. The molecule has 1 atom stereocenters. The summed E-state index contributed by atoms with van der Waals surface area (Å²) >= 11 is 0. The summed E-state index contributed by atoms with van der Waals surface area (Å²) in [6.45, 7) is 2.88. The molecule has 0 bridgehead atoms. The molecule has 6 nitrogen and oxygen atoms in total. The predicted octanol–water partition coefficient (Wildman–Crippen LogP) is 2.66. The lowest BCUT2D eigenvalue weighted by Crippen LogP contribution is -2.11. The lowest BCUT2D eigenvalue weighted by Gasteiger charge is -2.14. The number of carboxylic acids is 1. The molecule has 0 aliphatic heterocycles. The van der Waals surface area contributed by atoms with Crippen LogP contribution in [0.1, 0.15) is 32.6 Å². The molecule has 0 saturated heterocycles. The molecule has 21 heavy (non-hydrogen) atoms. The van der Waals surface area contributed by atoms with Crippen molar-refractivity contribution in [1.82, 2.24) is 14.5 Å². The Morgan fingerprint density at radius 3 is 2.95 bits per heavy atom. The van der Waals surface area contributed by atoms with E-state index in [0.717, 1.165) is 42.7 Å². The van der Waals surface area contributed by atoms with Crippen LogP contribution in [0.2, 0.25) is 0 Å². The third-order valence-electron chi connectivity index (χ3n) is 3.83. The van der Waals surface area contributed by atoms with Crippen LogP contribution in [-0.4, -0.2) is 32.2 Å². The van der Waals surface area contributed by atoms with Gasteiger partial charge in [-0.2, -0.15) is 0 Å². The zero-order valence-electron chi connectivity index (χ0n) is 12.5. The van der Waals surface area contributed by atoms with Crippen LogP contribution in [0.5, 0.6) is 0 Å². The predicted molar refractivity (Wildman–Crippen MR) is 82.3 cm³/mol. The van der Waals surface area contributed by atoms with Crippen molar-refractivity contribution < 1.29 is 9.90 Å². The van der Waals surface area contributed by atoms with Crippen molar-refractivity contribution in [3.05, 3.63) is 18.6 Å². The molecule has 0 amide bonds. The number of carbonyl (C=O) groups is 1. The van der Waals surface area contributed by atoms with Crippen LogP contribution in [0.15, 0.2) is 18.6 Å². The Morgan fingerprint density at radius 1 is 1.43 bits per heavy atom. The standard InChI is InChI=1S/C15H22N4O2/c1-3-11(4-5-13(20)21)6-8-16-15-14-12(7-9-17-15)19(2)10-18-14/h7,9-11H,3-6,8H2,1-2H3,(H,16,17)(H,20,21). The van der Waals surface area contributed by atoms with Crippen molar-refractivity contribution in [1.29, 1.82) is 0 Å². The van der Waals surface area contributed by atoms with Gasteiger partial charge in [0.25, 0.3) is 0 Å². The lowest BCUT2D eigenvalue weighted by molar-refractivity contribution is -0.137. The molecule has 0 saturated carbocycles. The van der Waals surface area contributed by atoms with E-state index in [9.17, 15) is 4.79 Å². The number of carboxylic acid groups (broad SMARTS) is 1. The van der Waals surface area contributed by atoms with Crippen molar-refractivity contribution in [2.24, 2.45) is 13.0 Å². The van der Waals surface area contributed by atoms with E-state index < -0.39 is 5.97 Å². The Hall–Kier alpha value is -2.11. The molecule has 2 N–H and O–H groups in total. The van der Waals surface area contributed by atoms with Gasteiger partial charge in [0.15, 0.2) is 5.82 Å². The van der Waals surface area contributed by atoms with Gasteiger partial charge in [-0.3, -0.25) is 4.79 Å². The molecule has 0 fully saturated rings. The summed E-state index contributed by atoms with van der Waals surface area (Å²) in [5, 5.41) is 12.1. The smallest absolute Gasteiger partial charge is 0.303 e. The summed E-state index contributed by atoms with van der Waals surface area (Å²) in [6, 6.07) is 1.94. The van der Waals surface area contributed by atoms with Gasteiger partial charge in [0, 0.05) is 26.2 Å². The summed E-state index contributed by atoms with van der Waals surface area (Å²) in [6.07, 6.45) is 6.46. The van der Waals surface area contributed by atoms with Crippen LogP contribution in [0.25, 0.3) is 11.0 Å². The molecule has 2 rings (SSSR count). The second-order valence-electron chi connectivity index (χ2n) is 5.30. The van der Waals surface area contributed by atoms with Gasteiger partial charge in [-0.1, -0.05) is 13.3 Å². The number of anilines is 1. The van der Waals surface area contributed by atoms with Crippen LogP contribution in [0, 0.1) is 5.92 Å². The molecule has 114 valence electrons. The Morgan fingerprint density at radius 2 is 2.24 bits per heavy atom. The molecule has 1 unspecified atom stereocenters. The van der Waals surface area contributed by atoms with Crippen molar-refractivity contribution in [2.75, 3.05) is 11.9 Å². The average molecular weight is 290 g/mol. The molecule has 2 heterocycles. The third kappa shape index (κ3) is 3.93. The maximum atomic E-state index is 10.6. The molecule has 2 aromatic rings. The van der Waals surface area contributed by atoms with E-state index in [1.807, 2.05) is 17.7 Å². The second-order valence-corrected chi connectivity index (χ2v) is 5.30. The first-order chi connectivity index (χ1) is 10.1. The van der Waals surface area contributed by atoms with E-state index in [-0.39, 0.29) is 6.42 Å². The zero-order chi connectivity index (χ0) is 15.2. The fraction of sp³-hybridized carbons (Fsp3) is 0.533. The van der Waals surface area contributed by atoms with Crippen molar-refractivity contribution in [3.8, 4) is 0 Å². The SMILES string of the molecule is CCC(CCNc1nccc2c1ncn2C)CCC(=O)O. The molecule has 0 aliphatic rings. The van der Waals surface area contributed by atoms with Crippen molar-refractivity contribution in [3.63, 3.8) is 0 Å². The maximum absolute atomic E-state index is 10.6. The number of rotatable bonds is 8. The Balaban J connectivity index is 1.91. The molecule has 2 aromatic heterocycles. The highest BCUT2D eigenvalue weighted by atomic mass is 16.4. The topological polar surface area (TPSA) is 80.0 Å². The van der Waals surface area contributed by atoms with E-state index in [1.165, 1.54) is 0 Å². The van der Waals surface area contributed by atoms with E-state index in [0.29, 0.717) is 5.92 Å². The molecule has 0 aromatic carbocycles. The van der Waals surface area contributed by atoms with E-state index in [1.54, 1.807) is 12.5 Å². The first kappa shape index (κ1) is 15.3. The fourth-order valence-electron chi connectivity index (χ4n) is 2.47. The first-order valence-corrected chi connectivity index (χ1v) is 7.33. The number of pyridine rings is 1. The fourth-order valence-corrected chi connectivity index (χ4v) is 2.47. The molecular weight excluding hydrogens is 268 g/mol. The number of aryl methyl sites for hydroxylation is 1. The Bertz CT molecular complexity index is 609. The Labute approximate surface area is 124 Å². The summed E-state index contributed by atoms with van der Waals surface area (Å²) in [5.74, 6) is 0.499. The highest BCUT2D eigenvalue weighted by Gasteiger charge is 2.10. The quantitative estimate of drug-likeness (QED) is 0.781. The number of nitrogens with zero attached hydrogens (tertiary/aromatic N) is 3. The van der Waals surface area contributed by atoms with Gasteiger partial charge in [-0.25, -0.2) is 9.97 Å². The minimum Gasteiger partial charge on any atom is -0.481 e. The average Bonchev–Trinajstić information content (AvgIpc) is 2.85. The van der Waals surface area contributed by atoms with E-state index in [2.05, 4.69) is 22.2 Å². The minimum absolute atomic E-state index is 0.243. The number of aromatic nitrogens is 3. The minimum atomic E-state index is -0.721. The number of imidazole rings is 1. The van der Waals surface area contributed by atoms with Crippen LogP contribution in [0.3, 0.4) is 0 Å². The number of fused-ring (bicyclic) bond motifs is 1. The monoisotopic (exact) mass is 290 g/mol. The normalized spacial score (nSPS) is 12.5. The third-order valence-corrected chi connectivity index (χ3v) is 3.83. The highest BCUT2D eigenvalue weighted by Crippen LogP contribution is 2.20. The van der Waals surface area contributed by atoms with Crippen LogP contribution < -0.4 is 5.32 Å². The van der Waals surface area contributed by atoms with Crippen LogP contribution in [0.4, 0.5) is 5.82 Å². The number of nitrogens with one attached hydrogen (secondary N) is 1. The van der Waals surface area contributed by atoms with Gasteiger partial charge in [-0.15, -0.1) is 0 Å². The second kappa shape index (κ2) is 7.06. The van der Waals surface area contributed by atoms with Gasteiger partial charge in [-0.05, 0) is 24.8 Å². The van der Waals surface area contributed by atoms with Gasteiger partial charge < -0.3 is 15.0 Å². The number of hydrogen-bond acceptors (Lipinski definition) is 4. The van der Waals surface area contributed by atoms with Gasteiger partial charge in [0.05, 0.1) is 11.8 Å².